The SMILES string of the molecule is CCOC(=O)c1cnc(-c2ccc3[nH]cc([N+](=O)[O-])c3c2)s1. The van der Waals surface area contributed by atoms with Crippen LogP contribution in [0.3, 0.4) is 0 Å². The van der Waals surface area contributed by atoms with E-state index in [2.05, 4.69) is 9.97 Å². The molecule has 0 aliphatic carbocycles. The van der Waals surface area contributed by atoms with E-state index in [1.807, 2.05) is 0 Å². The van der Waals surface area contributed by atoms with Crippen LogP contribution in [0.1, 0.15) is 16.6 Å². The Morgan fingerprint density at radius 1 is 1.50 bits per heavy atom. The fourth-order valence-electron chi connectivity index (χ4n) is 2.09. The van der Waals surface area contributed by atoms with Gasteiger partial charge < -0.3 is 9.72 Å². The molecule has 0 atom stereocenters. The Balaban J connectivity index is 2.01. The number of esters is 1. The van der Waals surface area contributed by atoms with Gasteiger partial charge in [0.25, 0.3) is 5.69 Å². The summed E-state index contributed by atoms with van der Waals surface area (Å²) in [5, 5.41) is 12.1. The Hall–Kier alpha value is -2.74. The molecule has 8 heteroatoms. The van der Waals surface area contributed by atoms with Crippen LogP contribution in [0.15, 0.2) is 30.6 Å². The molecule has 112 valence electrons. The summed E-state index contributed by atoms with van der Waals surface area (Å²) in [6, 6.07) is 5.25. The minimum Gasteiger partial charge on any atom is -0.462 e. The highest BCUT2D eigenvalue weighted by Crippen LogP contribution is 2.32. The molecule has 0 saturated carbocycles. The molecular weight excluding hydrogens is 306 g/mol. The lowest BCUT2D eigenvalue weighted by molar-refractivity contribution is -0.383. The van der Waals surface area contributed by atoms with E-state index in [4.69, 9.17) is 4.74 Å². The van der Waals surface area contributed by atoms with Crippen molar-refractivity contribution in [3.8, 4) is 10.6 Å². The number of nitrogens with zero attached hydrogens (tertiary/aromatic N) is 2. The molecule has 0 fully saturated rings. The van der Waals surface area contributed by atoms with Crippen molar-refractivity contribution in [3.05, 3.63) is 45.6 Å². The first-order valence-corrected chi connectivity index (χ1v) is 7.30. The third-order valence-electron chi connectivity index (χ3n) is 3.09. The highest BCUT2D eigenvalue weighted by atomic mass is 32.1. The smallest absolute Gasteiger partial charge is 0.349 e. The minimum atomic E-state index is -0.436. The van der Waals surface area contributed by atoms with Crippen molar-refractivity contribution in [2.75, 3.05) is 6.61 Å². The fourth-order valence-corrected chi connectivity index (χ4v) is 2.90. The van der Waals surface area contributed by atoms with E-state index in [9.17, 15) is 14.9 Å². The van der Waals surface area contributed by atoms with Crippen molar-refractivity contribution in [2.45, 2.75) is 6.92 Å². The summed E-state index contributed by atoms with van der Waals surface area (Å²) in [6.45, 7) is 2.03. The zero-order chi connectivity index (χ0) is 15.7. The van der Waals surface area contributed by atoms with Gasteiger partial charge in [0, 0.05) is 5.56 Å². The first-order chi connectivity index (χ1) is 10.6. The zero-order valence-electron chi connectivity index (χ0n) is 11.5. The summed E-state index contributed by atoms with van der Waals surface area (Å²) < 4.78 is 4.92. The molecule has 2 aromatic heterocycles. The lowest BCUT2D eigenvalue weighted by Gasteiger charge is -1.97. The summed E-state index contributed by atoms with van der Waals surface area (Å²) >= 11 is 1.19. The van der Waals surface area contributed by atoms with Crippen LogP contribution in [-0.4, -0.2) is 27.5 Å². The van der Waals surface area contributed by atoms with Gasteiger partial charge in [-0.05, 0) is 25.1 Å². The van der Waals surface area contributed by atoms with Gasteiger partial charge in [-0.2, -0.15) is 0 Å². The Labute approximate surface area is 128 Å². The van der Waals surface area contributed by atoms with Crippen LogP contribution in [0.4, 0.5) is 5.69 Å². The number of nitrogens with one attached hydrogen (secondary N) is 1. The van der Waals surface area contributed by atoms with E-state index in [0.29, 0.717) is 27.4 Å². The van der Waals surface area contributed by atoms with Gasteiger partial charge in [0.1, 0.15) is 9.88 Å². The maximum absolute atomic E-state index is 11.7. The lowest BCUT2D eigenvalue weighted by Crippen LogP contribution is -2.01. The summed E-state index contributed by atoms with van der Waals surface area (Å²) in [5.41, 5.74) is 1.41. The van der Waals surface area contributed by atoms with Crippen LogP contribution in [0.5, 0.6) is 0 Å². The number of hydrogen-bond donors (Lipinski definition) is 1. The second-order valence-corrected chi connectivity index (χ2v) is 5.47. The molecule has 0 radical (unpaired) electrons. The van der Waals surface area contributed by atoms with Crippen molar-refractivity contribution < 1.29 is 14.5 Å². The average Bonchev–Trinajstić information content (AvgIpc) is 3.13. The molecule has 1 N–H and O–H groups in total. The predicted octanol–water partition coefficient (Wildman–Crippen LogP) is 3.38. The van der Waals surface area contributed by atoms with Gasteiger partial charge in [-0.25, -0.2) is 9.78 Å². The van der Waals surface area contributed by atoms with E-state index in [1.54, 1.807) is 25.1 Å². The van der Waals surface area contributed by atoms with Crippen LogP contribution in [0, 0.1) is 10.1 Å². The van der Waals surface area contributed by atoms with E-state index < -0.39 is 10.9 Å². The van der Waals surface area contributed by atoms with Crippen molar-refractivity contribution in [1.82, 2.24) is 9.97 Å². The normalized spacial score (nSPS) is 10.8. The highest BCUT2D eigenvalue weighted by Gasteiger charge is 2.17. The molecule has 0 aliphatic heterocycles. The Kier molecular flexibility index (Phi) is 3.60. The molecule has 22 heavy (non-hydrogen) atoms. The van der Waals surface area contributed by atoms with Gasteiger partial charge >= 0.3 is 5.97 Å². The third kappa shape index (κ3) is 2.44. The van der Waals surface area contributed by atoms with Gasteiger partial charge in [0.15, 0.2) is 0 Å². The van der Waals surface area contributed by atoms with Crippen LogP contribution in [0.2, 0.25) is 0 Å². The second-order valence-electron chi connectivity index (χ2n) is 4.44. The van der Waals surface area contributed by atoms with Crippen LogP contribution in [0.25, 0.3) is 21.5 Å². The molecule has 3 aromatic rings. The summed E-state index contributed by atoms with van der Waals surface area (Å²) in [4.78, 5) is 29.7. The monoisotopic (exact) mass is 317 g/mol. The Morgan fingerprint density at radius 2 is 2.32 bits per heavy atom. The fraction of sp³-hybridized carbons (Fsp3) is 0.143. The second kappa shape index (κ2) is 5.57. The van der Waals surface area contributed by atoms with Gasteiger partial charge in [-0.3, -0.25) is 10.1 Å². The van der Waals surface area contributed by atoms with Gasteiger partial charge in [0.2, 0.25) is 0 Å². The van der Waals surface area contributed by atoms with Gasteiger partial charge in [-0.15, -0.1) is 11.3 Å². The number of H-pyrrole nitrogens is 1. The van der Waals surface area contributed by atoms with Crippen molar-refractivity contribution in [2.24, 2.45) is 0 Å². The molecule has 2 heterocycles. The number of carbonyl (C=O) groups excluding carboxylic acids is 1. The Bertz CT molecular complexity index is 868. The predicted molar refractivity (Wildman–Crippen MR) is 82.0 cm³/mol. The molecule has 3 rings (SSSR count). The number of hydrogen-bond acceptors (Lipinski definition) is 6. The quantitative estimate of drug-likeness (QED) is 0.452. The maximum Gasteiger partial charge on any atom is 0.349 e. The summed E-state index contributed by atoms with van der Waals surface area (Å²) in [7, 11) is 0. The van der Waals surface area contributed by atoms with Crippen LogP contribution < -0.4 is 0 Å². The zero-order valence-corrected chi connectivity index (χ0v) is 12.3. The van der Waals surface area contributed by atoms with Crippen molar-refractivity contribution in [3.63, 3.8) is 0 Å². The van der Waals surface area contributed by atoms with Gasteiger partial charge in [0.05, 0.1) is 34.8 Å². The number of rotatable bonds is 4. The van der Waals surface area contributed by atoms with Crippen LogP contribution in [-0.2, 0) is 4.74 Å². The number of thiazole rings is 1. The number of fused-ring (bicyclic) bond motifs is 1. The minimum absolute atomic E-state index is 0.0130. The molecule has 0 bridgehead atoms. The van der Waals surface area contributed by atoms with E-state index in [1.165, 1.54) is 23.7 Å². The molecule has 0 amide bonds. The number of nitro groups is 1. The lowest BCUT2D eigenvalue weighted by atomic mass is 10.1. The van der Waals surface area contributed by atoms with Gasteiger partial charge in [-0.1, -0.05) is 0 Å². The first kappa shape index (κ1) is 14.2. The summed E-state index contributed by atoms with van der Waals surface area (Å²) in [5.74, 6) is -0.417. The molecule has 0 saturated heterocycles. The Morgan fingerprint density at radius 3 is 3.05 bits per heavy atom. The number of ether oxygens (including phenoxy) is 1. The average molecular weight is 317 g/mol. The maximum atomic E-state index is 11.7. The molecule has 0 unspecified atom stereocenters. The first-order valence-electron chi connectivity index (χ1n) is 6.49. The van der Waals surface area contributed by atoms with E-state index in [-0.39, 0.29) is 5.69 Å². The van der Waals surface area contributed by atoms with E-state index >= 15 is 0 Å². The molecule has 7 nitrogen and oxygen atoms in total. The third-order valence-corrected chi connectivity index (χ3v) is 4.11. The largest absolute Gasteiger partial charge is 0.462 e. The highest BCUT2D eigenvalue weighted by molar-refractivity contribution is 7.16. The molecule has 1 aromatic carbocycles. The van der Waals surface area contributed by atoms with Crippen molar-refractivity contribution >= 4 is 33.9 Å². The number of carbonyl (C=O) groups is 1. The molecular formula is C14H11N3O4S. The number of benzene rings is 1. The van der Waals surface area contributed by atoms with Crippen molar-refractivity contribution in [1.29, 1.82) is 0 Å². The summed E-state index contributed by atoms with van der Waals surface area (Å²) in [6.07, 6.45) is 2.81. The molecule has 0 spiro atoms. The van der Waals surface area contributed by atoms with E-state index in [0.717, 1.165) is 5.56 Å². The standard InChI is InChI=1S/C14H11N3O4S/c1-2-21-14(18)12-7-16-13(22-12)8-3-4-10-9(5-8)11(6-15-10)17(19)20/h3-7,15H,2H2,1H3. The number of aromatic nitrogens is 2. The topological polar surface area (TPSA) is 98.1 Å². The molecule has 0 aliphatic rings. The number of aromatic amines is 1. The van der Waals surface area contributed by atoms with Crippen LogP contribution >= 0.6 is 11.3 Å².